The van der Waals surface area contributed by atoms with Crippen LogP contribution >= 0.6 is 0 Å². The maximum atomic E-state index is 14.7. The van der Waals surface area contributed by atoms with Crippen molar-refractivity contribution in [2.75, 3.05) is 0 Å². The molecule has 31 heavy (non-hydrogen) atoms. The number of benzene rings is 2. The van der Waals surface area contributed by atoms with Gasteiger partial charge in [-0.2, -0.15) is 0 Å². The summed E-state index contributed by atoms with van der Waals surface area (Å²) < 4.78 is 29.2. The van der Waals surface area contributed by atoms with E-state index in [4.69, 9.17) is 5.11 Å². The molecule has 8 heteroatoms. The van der Waals surface area contributed by atoms with Gasteiger partial charge in [0.2, 0.25) is 0 Å². The molecule has 0 aliphatic heterocycles. The third kappa shape index (κ3) is 6.58. The average Bonchev–Trinajstić information content (AvgIpc) is 2.61. The average molecular weight is 523 g/mol. The van der Waals surface area contributed by atoms with Crippen LogP contribution in [0, 0.1) is 11.6 Å². The van der Waals surface area contributed by atoms with Gasteiger partial charge < -0.3 is 0 Å². The molecule has 0 saturated heterocycles. The Morgan fingerprint density at radius 3 is 1.84 bits per heavy atom. The summed E-state index contributed by atoms with van der Waals surface area (Å²) in [5.74, 6) is -2.62. The molecule has 2 aromatic carbocycles. The Bertz CT molecular complexity index is 1040. The Morgan fingerprint density at radius 2 is 1.39 bits per heavy atom. The molecule has 0 heterocycles. The molecule has 0 spiro atoms. The normalized spacial score (nSPS) is 13.1. The van der Waals surface area contributed by atoms with Gasteiger partial charge in [0.05, 0.1) is 0 Å². The van der Waals surface area contributed by atoms with Crippen molar-refractivity contribution in [2.45, 2.75) is 46.2 Å². The summed E-state index contributed by atoms with van der Waals surface area (Å²) in [6, 6.07) is 8.13. The first-order chi connectivity index (χ1) is 14.1. The summed E-state index contributed by atoms with van der Waals surface area (Å²) in [5, 5.41) is 11.2. The van der Waals surface area contributed by atoms with E-state index in [0.717, 1.165) is 18.2 Å². The number of carboxylic acid groups (broad SMARTS) is 1. The molecule has 0 amide bonds. The zero-order valence-corrected chi connectivity index (χ0v) is 23.1. The minimum atomic E-state index is -1.67. The molecule has 0 aliphatic rings. The maximum absolute atomic E-state index is 14.7. The van der Waals surface area contributed by atoms with Crippen LogP contribution in [0.5, 0.6) is 0 Å². The van der Waals surface area contributed by atoms with E-state index in [-0.39, 0.29) is 20.1 Å². The minimum absolute atomic E-state index is 0.0855. The summed E-state index contributed by atoms with van der Waals surface area (Å²) in [6.07, 6.45) is 0.832. The van der Waals surface area contributed by atoms with Crippen molar-refractivity contribution in [1.82, 2.24) is 0 Å². The van der Waals surface area contributed by atoms with Crippen LogP contribution in [0.15, 0.2) is 36.4 Å². The van der Waals surface area contributed by atoms with Crippen LogP contribution in [-0.4, -0.2) is 47.5 Å². The number of hydrogen-bond acceptors (Lipinski definition) is 2. The first-order valence-electron chi connectivity index (χ1n) is 9.97. The third-order valence-electron chi connectivity index (χ3n) is 5.00. The fraction of sp³-hybridized carbons (Fsp3) is 0.304. The van der Waals surface area contributed by atoms with Crippen LogP contribution in [0.4, 0.5) is 8.78 Å². The van der Waals surface area contributed by atoms with E-state index in [1.165, 1.54) is 17.3 Å². The van der Waals surface area contributed by atoms with Crippen molar-refractivity contribution < 1.29 is 23.5 Å². The predicted molar refractivity (Wildman–Crippen MR) is 131 cm³/mol. The summed E-state index contributed by atoms with van der Waals surface area (Å²) in [4.78, 5) is 23.9. The zero-order chi connectivity index (χ0) is 23.7. The van der Waals surface area contributed by atoms with Gasteiger partial charge in [-0.1, -0.05) is 0 Å². The first-order valence-corrected chi connectivity index (χ1v) is 19.1. The van der Waals surface area contributed by atoms with Gasteiger partial charge in [-0.25, -0.2) is 0 Å². The molecule has 2 rings (SSSR count). The number of aliphatic carboxylic acids is 1. The third-order valence-corrected chi connectivity index (χ3v) is 11.5. The van der Waals surface area contributed by atoms with E-state index in [9.17, 15) is 18.4 Å². The molecular formula is C23H29AsF2O3Si2. The van der Waals surface area contributed by atoms with Gasteiger partial charge in [-0.3, -0.25) is 0 Å². The van der Waals surface area contributed by atoms with Crippen LogP contribution in [0.2, 0.25) is 39.3 Å². The van der Waals surface area contributed by atoms with E-state index in [2.05, 4.69) is 45.3 Å². The van der Waals surface area contributed by atoms with Crippen LogP contribution in [0.3, 0.4) is 0 Å². The Morgan fingerprint density at radius 1 is 0.871 bits per heavy atom. The van der Waals surface area contributed by atoms with Gasteiger partial charge in [0.1, 0.15) is 0 Å². The molecule has 1 N–H and O–H groups in total. The van der Waals surface area contributed by atoms with Gasteiger partial charge in [0.25, 0.3) is 0 Å². The number of halogens is 2. The second-order valence-corrected chi connectivity index (χ2v) is 22.5. The van der Waals surface area contributed by atoms with E-state index in [1.807, 2.05) is 12.1 Å². The van der Waals surface area contributed by atoms with E-state index < -0.39 is 49.5 Å². The Labute approximate surface area is 191 Å². The molecule has 1 unspecified atom stereocenters. The summed E-state index contributed by atoms with van der Waals surface area (Å²) in [5.41, 5.74) is 0.594. The standard InChI is InChI=1S/C23H29AsF2O3Si2/c1-14(8-22(27)28)18-12-21(26)19(13-20(18)25)24-23(29)15-9-16(30(2,3)4)11-17(10-15)31(5,6)7/h8-13,24H,1-7H3,(H,27,28)/b14-8-. The zero-order valence-electron chi connectivity index (χ0n) is 19.0. The molecule has 0 bridgehead atoms. The molecule has 0 saturated carbocycles. The van der Waals surface area contributed by atoms with Crippen molar-refractivity contribution in [2.24, 2.45) is 0 Å². The van der Waals surface area contributed by atoms with Crippen LogP contribution in [0.1, 0.15) is 22.8 Å². The number of rotatable bonds is 7. The van der Waals surface area contributed by atoms with Gasteiger partial charge >= 0.3 is 192 Å². The number of carbonyl (C=O) groups is 2. The number of hydrogen-bond donors (Lipinski definition) is 1. The van der Waals surface area contributed by atoms with Crippen molar-refractivity contribution in [1.29, 1.82) is 0 Å². The number of carboxylic acids is 1. The number of allylic oxidation sites excluding steroid dienone is 1. The molecule has 166 valence electrons. The number of carbonyl (C=O) groups excluding carboxylic acids is 1. The molecular weight excluding hydrogens is 493 g/mol. The van der Waals surface area contributed by atoms with Crippen molar-refractivity contribution in [3.05, 3.63) is 59.2 Å². The van der Waals surface area contributed by atoms with Gasteiger partial charge in [0.15, 0.2) is 0 Å². The predicted octanol–water partition coefficient (Wildman–Crippen LogP) is 3.45. The van der Waals surface area contributed by atoms with Gasteiger partial charge in [-0.05, 0) is 0 Å². The molecule has 0 radical (unpaired) electrons. The quantitative estimate of drug-likeness (QED) is 0.448. The van der Waals surface area contributed by atoms with Crippen molar-refractivity contribution in [3.8, 4) is 0 Å². The second kappa shape index (κ2) is 9.35. The summed E-state index contributed by atoms with van der Waals surface area (Å²) >= 11 is -1.62. The monoisotopic (exact) mass is 522 g/mol. The Hall–Kier alpha value is -1.83. The molecule has 0 aromatic heterocycles. The Kier molecular flexibility index (Phi) is 7.67. The topological polar surface area (TPSA) is 54.4 Å². The molecule has 1 atom stereocenters. The van der Waals surface area contributed by atoms with E-state index >= 15 is 0 Å². The fourth-order valence-electron chi connectivity index (χ4n) is 3.03. The van der Waals surface area contributed by atoms with Crippen molar-refractivity contribution >= 4 is 62.7 Å². The summed E-state index contributed by atoms with van der Waals surface area (Å²) in [7, 11) is -3.34. The Balaban J connectivity index is 2.46. The van der Waals surface area contributed by atoms with E-state index in [0.29, 0.717) is 5.56 Å². The van der Waals surface area contributed by atoms with Gasteiger partial charge in [0, 0.05) is 0 Å². The fourth-order valence-corrected chi connectivity index (χ4v) is 7.46. The molecule has 0 aliphatic carbocycles. The van der Waals surface area contributed by atoms with Crippen LogP contribution in [-0.2, 0) is 4.79 Å². The van der Waals surface area contributed by atoms with Crippen LogP contribution < -0.4 is 14.7 Å². The second-order valence-electron chi connectivity index (χ2n) is 9.73. The summed E-state index contributed by atoms with van der Waals surface area (Å²) in [6.45, 7) is 14.8. The molecule has 2 aromatic rings. The molecule has 3 nitrogen and oxygen atoms in total. The first kappa shape index (κ1) is 25.4. The van der Waals surface area contributed by atoms with Crippen molar-refractivity contribution in [3.63, 3.8) is 0 Å². The van der Waals surface area contributed by atoms with Crippen LogP contribution in [0.25, 0.3) is 5.57 Å². The molecule has 0 fully saturated rings. The SMILES string of the molecule is C/C(=C/C(=O)O)c1cc(F)c([AsH]C(=O)c2cc([Si](C)(C)C)cc([Si](C)(C)C)c2)cc1F. The van der Waals surface area contributed by atoms with Gasteiger partial charge in [-0.15, -0.1) is 0 Å². The van der Waals surface area contributed by atoms with E-state index in [1.54, 1.807) is 0 Å².